The van der Waals surface area contributed by atoms with Gasteiger partial charge in [0.2, 0.25) is 5.91 Å². The summed E-state index contributed by atoms with van der Waals surface area (Å²) in [6.45, 7) is 4.65. The first kappa shape index (κ1) is 25.8. The van der Waals surface area contributed by atoms with Crippen molar-refractivity contribution < 1.29 is 23.3 Å². The average molecular weight is 565 g/mol. The lowest BCUT2D eigenvalue weighted by atomic mass is 9.92. The monoisotopic (exact) mass is 564 g/mol. The van der Waals surface area contributed by atoms with Crippen LogP contribution in [0.1, 0.15) is 17.3 Å². The number of halogens is 2. The molecule has 2 atom stereocenters. The van der Waals surface area contributed by atoms with Crippen molar-refractivity contribution in [3.8, 4) is 0 Å². The van der Waals surface area contributed by atoms with E-state index in [2.05, 4.69) is 17.1 Å². The van der Waals surface area contributed by atoms with E-state index in [1.54, 1.807) is 17.0 Å². The van der Waals surface area contributed by atoms with Gasteiger partial charge in [-0.25, -0.2) is 4.79 Å². The molecule has 0 aliphatic carbocycles. The molecule has 3 aliphatic heterocycles. The predicted octanol–water partition coefficient (Wildman–Crippen LogP) is 2.77. The third-order valence-electron chi connectivity index (χ3n) is 6.92. The van der Waals surface area contributed by atoms with Gasteiger partial charge in [-0.1, -0.05) is 29.3 Å². The number of piperazine rings is 1. The summed E-state index contributed by atoms with van der Waals surface area (Å²) in [7, 11) is -1.68. The van der Waals surface area contributed by atoms with Gasteiger partial charge in [-0.2, -0.15) is 0 Å². The summed E-state index contributed by atoms with van der Waals surface area (Å²) in [5.41, 5.74) is 0.888. The number of amides is 3. The Hall–Kier alpha value is -2.82. The molecule has 3 fully saturated rings. The van der Waals surface area contributed by atoms with Crippen molar-refractivity contribution in [1.82, 2.24) is 15.1 Å². The maximum absolute atomic E-state index is 13.2. The number of anilines is 1. The fraction of sp³-hybridized carbons (Fsp3) is 0.400. The molecule has 0 aromatic heterocycles. The Labute approximate surface area is 227 Å². The molecule has 196 valence electrons. The SMILES string of the molecule is C[C@@H]1CN(C(=O)c2ccc(S(=O)CC(=O)N3CC4(COC(=O)N4)C3)c(Cl)c2)CCN1c1cccc(Cl)c1. The van der Waals surface area contributed by atoms with Crippen molar-refractivity contribution in [2.45, 2.75) is 23.4 Å². The first-order valence-electron chi connectivity index (χ1n) is 11.9. The smallest absolute Gasteiger partial charge is 0.407 e. The van der Waals surface area contributed by atoms with E-state index in [0.717, 1.165) is 5.69 Å². The van der Waals surface area contributed by atoms with Crippen LogP contribution in [0, 0.1) is 0 Å². The van der Waals surface area contributed by atoms with E-state index in [1.165, 1.54) is 11.0 Å². The Kier molecular flexibility index (Phi) is 7.08. The minimum Gasteiger partial charge on any atom is -0.447 e. The Balaban J connectivity index is 1.18. The zero-order chi connectivity index (χ0) is 26.3. The second-order valence-corrected chi connectivity index (χ2v) is 11.9. The summed E-state index contributed by atoms with van der Waals surface area (Å²) in [5.74, 6) is -0.687. The van der Waals surface area contributed by atoms with Crippen LogP contribution in [0.4, 0.5) is 10.5 Å². The Bertz CT molecular complexity index is 1290. The number of carbonyl (C=O) groups is 3. The number of nitrogens with zero attached hydrogens (tertiary/aromatic N) is 3. The molecule has 3 amide bonds. The molecule has 2 aromatic carbocycles. The first-order valence-corrected chi connectivity index (χ1v) is 13.9. The summed E-state index contributed by atoms with van der Waals surface area (Å²) in [5, 5.41) is 3.56. The summed E-state index contributed by atoms with van der Waals surface area (Å²) < 4.78 is 17.8. The fourth-order valence-corrected chi connectivity index (χ4v) is 6.67. The van der Waals surface area contributed by atoms with Crippen LogP contribution in [0.25, 0.3) is 0 Å². The summed E-state index contributed by atoms with van der Waals surface area (Å²) in [6.07, 6.45) is -0.491. The minimum atomic E-state index is -1.68. The van der Waals surface area contributed by atoms with Crippen LogP contribution in [0.3, 0.4) is 0 Å². The van der Waals surface area contributed by atoms with Crippen LogP contribution in [-0.2, 0) is 20.3 Å². The van der Waals surface area contributed by atoms with Crippen molar-refractivity contribution in [3.05, 3.63) is 58.1 Å². The molecule has 1 unspecified atom stereocenters. The highest BCUT2D eigenvalue weighted by Gasteiger charge is 2.51. The van der Waals surface area contributed by atoms with E-state index in [9.17, 15) is 18.6 Å². The normalized spacial score (nSPS) is 21.3. The van der Waals surface area contributed by atoms with Gasteiger partial charge < -0.3 is 24.8 Å². The first-order chi connectivity index (χ1) is 17.6. The Morgan fingerprint density at radius 3 is 2.57 bits per heavy atom. The summed E-state index contributed by atoms with van der Waals surface area (Å²) >= 11 is 12.5. The highest BCUT2D eigenvalue weighted by Crippen LogP contribution is 2.28. The van der Waals surface area contributed by atoms with Gasteiger partial charge in [-0.3, -0.25) is 13.8 Å². The lowest BCUT2D eigenvalue weighted by Gasteiger charge is -2.45. The quantitative estimate of drug-likeness (QED) is 0.599. The number of hydrogen-bond acceptors (Lipinski definition) is 6. The zero-order valence-corrected chi connectivity index (χ0v) is 22.4. The second-order valence-electron chi connectivity index (χ2n) is 9.64. The number of likely N-dealkylation sites (tertiary alicyclic amines) is 1. The van der Waals surface area contributed by atoms with Crippen LogP contribution < -0.4 is 10.2 Å². The van der Waals surface area contributed by atoms with Crippen molar-refractivity contribution in [2.75, 3.05) is 50.0 Å². The second kappa shape index (κ2) is 10.2. The third-order valence-corrected chi connectivity index (χ3v) is 8.94. The zero-order valence-electron chi connectivity index (χ0n) is 20.1. The van der Waals surface area contributed by atoms with E-state index < -0.39 is 22.4 Å². The van der Waals surface area contributed by atoms with Crippen molar-refractivity contribution >= 4 is 57.6 Å². The number of cyclic esters (lactones) is 1. The molecule has 3 aliphatic rings. The van der Waals surface area contributed by atoms with E-state index in [1.807, 2.05) is 24.3 Å². The van der Waals surface area contributed by atoms with Crippen molar-refractivity contribution in [3.63, 3.8) is 0 Å². The van der Waals surface area contributed by atoms with Crippen molar-refractivity contribution in [2.24, 2.45) is 0 Å². The number of alkyl carbamates (subject to hydrolysis) is 1. The molecule has 5 rings (SSSR count). The third kappa shape index (κ3) is 5.28. The molecule has 37 heavy (non-hydrogen) atoms. The molecule has 3 saturated heterocycles. The van der Waals surface area contributed by atoms with E-state index >= 15 is 0 Å². The van der Waals surface area contributed by atoms with Gasteiger partial charge >= 0.3 is 6.09 Å². The number of benzene rings is 2. The molecule has 9 nitrogen and oxygen atoms in total. The molecular formula is C25H26Cl2N4O5S. The lowest BCUT2D eigenvalue weighted by molar-refractivity contribution is -0.136. The molecular weight excluding hydrogens is 539 g/mol. The van der Waals surface area contributed by atoms with Crippen LogP contribution in [0.5, 0.6) is 0 Å². The molecule has 0 bridgehead atoms. The van der Waals surface area contributed by atoms with Gasteiger partial charge in [0, 0.05) is 55.0 Å². The lowest BCUT2D eigenvalue weighted by Crippen LogP contribution is -2.70. The molecule has 12 heteroatoms. The predicted molar refractivity (Wildman–Crippen MR) is 141 cm³/mol. The summed E-state index contributed by atoms with van der Waals surface area (Å²) in [4.78, 5) is 42.9. The highest BCUT2D eigenvalue weighted by molar-refractivity contribution is 7.85. The maximum Gasteiger partial charge on any atom is 0.407 e. The Morgan fingerprint density at radius 1 is 1.14 bits per heavy atom. The number of carbonyl (C=O) groups excluding carboxylic acids is 3. The molecule has 1 N–H and O–H groups in total. The van der Waals surface area contributed by atoms with Crippen LogP contribution in [-0.4, -0.2) is 88.6 Å². The van der Waals surface area contributed by atoms with Crippen molar-refractivity contribution in [1.29, 1.82) is 0 Å². The number of nitrogens with one attached hydrogen (secondary N) is 1. The average Bonchev–Trinajstić information content (AvgIpc) is 3.24. The topological polar surface area (TPSA) is 99.3 Å². The van der Waals surface area contributed by atoms with Gasteiger partial charge in [-0.15, -0.1) is 0 Å². The fourth-order valence-electron chi connectivity index (χ4n) is 4.99. The number of rotatable bonds is 5. The standard InChI is InChI=1S/C25H26Cl2N4O5S/c1-16-11-29(7-8-31(16)19-4-2-3-18(26)10-19)23(33)17-5-6-21(20(27)9-17)37(35)12-22(32)30-13-25(14-30)15-36-24(34)28-25/h2-6,9-10,16H,7-8,11-15H2,1H3,(H,28,34)/t16-,37?/m1/s1. The van der Waals surface area contributed by atoms with Gasteiger partial charge in [0.1, 0.15) is 17.9 Å². The van der Waals surface area contributed by atoms with Gasteiger partial charge in [0.25, 0.3) is 5.91 Å². The van der Waals surface area contributed by atoms with Crippen LogP contribution >= 0.6 is 23.2 Å². The molecule has 0 saturated carbocycles. The van der Waals surface area contributed by atoms with Gasteiger partial charge in [0.05, 0.1) is 20.7 Å². The molecule has 3 heterocycles. The van der Waals surface area contributed by atoms with Gasteiger partial charge in [-0.05, 0) is 43.3 Å². The summed E-state index contributed by atoms with van der Waals surface area (Å²) in [6, 6.07) is 12.4. The largest absolute Gasteiger partial charge is 0.447 e. The van der Waals surface area contributed by atoms with Crippen LogP contribution in [0.2, 0.25) is 10.0 Å². The highest BCUT2D eigenvalue weighted by atomic mass is 35.5. The maximum atomic E-state index is 13.2. The minimum absolute atomic E-state index is 0.0918. The molecule has 0 radical (unpaired) electrons. The molecule has 2 aromatic rings. The number of ether oxygens (including phenoxy) is 1. The van der Waals surface area contributed by atoms with E-state index in [0.29, 0.717) is 48.2 Å². The Morgan fingerprint density at radius 2 is 1.92 bits per heavy atom. The number of hydrogen-bond donors (Lipinski definition) is 1. The molecule has 1 spiro atoms. The van der Waals surface area contributed by atoms with E-state index in [-0.39, 0.29) is 35.2 Å². The van der Waals surface area contributed by atoms with Gasteiger partial charge in [0.15, 0.2) is 0 Å². The van der Waals surface area contributed by atoms with Crippen LogP contribution in [0.15, 0.2) is 47.4 Å². The van der Waals surface area contributed by atoms with E-state index in [4.69, 9.17) is 27.9 Å².